The number of hydrogen-bond donors (Lipinski definition) is 2. The Morgan fingerprint density at radius 2 is 1.84 bits per heavy atom. The Labute approximate surface area is 181 Å². The number of piperidine rings is 2. The van der Waals surface area contributed by atoms with Crippen LogP contribution in [0.3, 0.4) is 0 Å². The van der Waals surface area contributed by atoms with E-state index < -0.39 is 29.1 Å². The molecule has 3 aliphatic heterocycles. The van der Waals surface area contributed by atoms with Crippen LogP contribution in [-0.2, 0) is 19.1 Å². The van der Waals surface area contributed by atoms with Gasteiger partial charge in [-0.25, -0.2) is 0 Å². The summed E-state index contributed by atoms with van der Waals surface area (Å²) in [6, 6.07) is 0.170. The van der Waals surface area contributed by atoms with Crippen LogP contribution in [0.5, 0.6) is 0 Å². The van der Waals surface area contributed by atoms with Crippen molar-refractivity contribution in [2.75, 3.05) is 6.54 Å². The summed E-state index contributed by atoms with van der Waals surface area (Å²) in [6.45, 7) is 10.3. The van der Waals surface area contributed by atoms with E-state index in [1.807, 2.05) is 0 Å². The van der Waals surface area contributed by atoms with Gasteiger partial charge in [-0.1, -0.05) is 19.1 Å². The summed E-state index contributed by atoms with van der Waals surface area (Å²) in [7, 11) is 0. The molecule has 13 atom stereocenters. The molecule has 2 spiro atoms. The van der Waals surface area contributed by atoms with Crippen LogP contribution in [0.4, 0.5) is 0 Å². The molecule has 9 aliphatic rings. The van der Waals surface area contributed by atoms with Crippen molar-refractivity contribution in [1.82, 2.24) is 4.90 Å². The van der Waals surface area contributed by atoms with Gasteiger partial charge in [0, 0.05) is 55.1 Å². The number of aliphatic hydroxyl groups excluding tert-OH is 1. The number of carbonyl (C=O) groups excluding carboxylic acids is 2. The molecule has 9 fully saturated rings. The molecule has 0 radical (unpaired) electrons. The molecule has 0 aromatic heterocycles. The van der Waals surface area contributed by atoms with Crippen molar-refractivity contribution in [3.8, 4) is 0 Å². The molecule has 168 valence electrons. The molecule has 3 heterocycles. The van der Waals surface area contributed by atoms with E-state index in [1.54, 1.807) is 0 Å². The molecule has 2 N–H and O–H groups in total. The topological polar surface area (TPSA) is 96.3 Å². The second kappa shape index (κ2) is 5.05. The number of nitrogens with zero attached hydrogens (tertiary/aromatic N) is 1. The SMILES string of the molecule is C=C1C[C@]23C[C@H]4[C@@H]5[C@@]6(C)C[C@H](OC(C)=O)C[C@]57[C@@H](N4C6)[C@@]2(O)[C@H](O)[C@H]1[C@@H](OC(C)=O)[C@@H]73. The molecule has 0 aromatic rings. The van der Waals surface area contributed by atoms with Gasteiger partial charge in [0.25, 0.3) is 0 Å². The van der Waals surface area contributed by atoms with Crippen molar-refractivity contribution in [3.63, 3.8) is 0 Å². The lowest BCUT2D eigenvalue weighted by Crippen LogP contribution is -2.77. The normalized spacial score (nSPS) is 63.5. The van der Waals surface area contributed by atoms with Gasteiger partial charge in [-0.2, -0.15) is 0 Å². The number of aliphatic hydroxyl groups is 2. The minimum Gasteiger partial charge on any atom is -0.463 e. The zero-order valence-electron chi connectivity index (χ0n) is 18.3. The first-order valence-corrected chi connectivity index (χ1v) is 11.7. The van der Waals surface area contributed by atoms with Gasteiger partial charge in [0.1, 0.15) is 17.8 Å². The largest absolute Gasteiger partial charge is 0.463 e. The molecule has 0 aromatic carbocycles. The smallest absolute Gasteiger partial charge is 0.302 e. The van der Waals surface area contributed by atoms with E-state index in [0.29, 0.717) is 24.8 Å². The predicted octanol–water partition coefficient (Wildman–Crippen LogP) is 1.02. The summed E-state index contributed by atoms with van der Waals surface area (Å²) in [4.78, 5) is 26.6. The zero-order chi connectivity index (χ0) is 21.9. The third-order valence-electron chi connectivity index (χ3n) is 10.9. The summed E-state index contributed by atoms with van der Waals surface area (Å²) >= 11 is 0. The third-order valence-corrected chi connectivity index (χ3v) is 10.9. The fourth-order valence-electron chi connectivity index (χ4n) is 11.3. The number of rotatable bonds is 2. The van der Waals surface area contributed by atoms with Crippen LogP contribution in [0.25, 0.3) is 0 Å². The fraction of sp³-hybridized carbons (Fsp3) is 0.833. The highest BCUT2D eigenvalue weighted by Crippen LogP contribution is 2.88. The van der Waals surface area contributed by atoms with E-state index in [0.717, 1.165) is 25.0 Å². The van der Waals surface area contributed by atoms with Crippen molar-refractivity contribution < 1.29 is 29.3 Å². The Morgan fingerprint density at radius 3 is 2.52 bits per heavy atom. The second-order valence-electron chi connectivity index (χ2n) is 12.1. The van der Waals surface area contributed by atoms with Gasteiger partial charge in [-0.15, -0.1) is 0 Å². The monoisotopic (exact) mass is 429 g/mol. The summed E-state index contributed by atoms with van der Waals surface area (Å²) in [5.74, 6) is -0.782. The Kier molecular flexibility index (Phi) is 3.10. The van der Waals surface area contributed by atoms with E-state index in [-0.39, 0.29) is 40.8 Å². The first-order chi connectivity index (χ1) is 14.5. The maximum atomic E-state index is 12.4. The predicted molar refractivity (Wildman–Crippen MR) is 107 cm³/mol. The first kappa shape index (κ1) is 19.1. The Hall–Kier alpha value is -1.44. The van der Waals surface area contributed by atoms with Crippen LogP contribution in [0.2, 0.25) is 0 Å². The molecule has 6 aliphatic carbocycles. The lowest BCUT2D eigenvalue weighted by Gasteiger charge is -2.68. The third kappa shape index (κ3) is 1.65. The van der Waals surface area contributed by atoms with E-state index in [2.05, 4.69) is 18.4 Å². The van der Waals surface area contributed by atoms with Gasteiger partial charge < -0.3 is 19.7 Å². The number of ether oxygens (including phenoxy) is 2. The highest BCUT2D eigenvalue weighted by molar-refractivity contribution is 5.67. The van der Waals surface area contributed by atoms with Gasteiger partial charge in [0.2, 0.25) is 0 Å². The standard InChI is InChI=1S/C24H31NO6/c1-10-5-22-8-14-17-21(4)6-13(30-11(2)26)7-23(17)18(22)16(31-12(3)27)15(10)19(28)24(22,29)20(23)25(14)9-21/h13-20,28-29H,1,5-9H2,2-4H3/t13-,14-,15+,16+,17+,18+,19+,20+,21-,22+,23-,24-/m0/s1. The van der Waals surface area contributed by atoms with Gasteiger partial charge in [-0.05, 0) is 37.0 Å². The fourth-order valence-corrected chi connectivity index (χ4v) is 11.3. The van der Waals surface area contributed by atoms with E-state index >= 15 is 0 Å². The number of hydrogen-bond acceptors (Lipinski definition) is 7. The van der Waals surface area contributed by atoms with Crippen molar-refractivity contribution in [1.29, 1.82) is 0 Å². The van der Waals surface area contributed by atoms with Gasteiger partial charge in [0.15, 0.2) is 0 Å². The number of esters is 2. The van der Waals surface area contributed by atoms with Crippen molar-refractivity contribution in [2.45, 2.75) is 82.5 Å². The highest BCUT2D eigenvalue weighted by atomic mass is 16.5. The zero-order valence-corrected chi connectivity index (χ0v) is 18.3. The summed E-state index contributed by atoms with van der Waals surface area (Å²) in [5.41, 5.74) is -1.23. The molecule has 9 rings (SSSR count). The van der Waals surface area contributed by atoms with Gasteiger partial charge in [0.05, 0.1) is 6.10 Å². The molecule has 31 heavy (non-hydrogen) atoms. The van der Waals surface area contributed by atoms with E-state index in [4.69, 9.17) is 9.47 Å². The molecule has 9 bridgehead atoms. The lowest BCUT2D eigenvalue weighted by molar-refractivity contribution is -0.283. The van der Waals surface area contributed by atoms with E-state index in [9.17, 15) is 19.8 Å². The van der Waals surface area contributed by atoms with Crippen LogP contribution in [0.15, 0.2) is 12.2 Å². The van der Waals surface area contributed by atoms with Crippen LogP contribution < -0.4 is 0 Å². The summed E-state index contributed by atoms with van der Waals surface area (Å²) in [5, 5.41) is 24.0. The average molecular weight is 430 g/mol. The maximum Gasteiger partial charge on any atom is 0.302 e. The Balaban J connectivity index is 1.48. The van der Waals surface area contributed by atoms with Crippen molar-refractivity contribution in [2.24, 2.45) is 34.0 Å². The van der Waals surface area contributed by atoms with E-state index in [1.165, 1.54) is 13.8 Å². The molecule has 0 amide bonds. The molecule has 1 unspecified atom stereocenters. The highest BCUT2D eigenvalue weighted by Gasteiger charge is 2.95. The Bertz CT molecular complexity index is 966. The van der Waals surface area contributed by atoms with Gasteiger partial charge >= 0.3 is 11.9 Å². The first-order valence-electron chi connectivity index (χ1n) is 11.7. The van der Waals surface area contributed by atoms with Crippen LogP contribution >= 0.6 is 0 Å². The van der Waals surface area contributed by atoms with Crippen molar-refractivity contribution in [3.05, 3.63) is 12.2 Å². The number of carbonyl (C=O) groups is 2. The second-order valence-corrected chi connectivity index (χ2v) is 12.1. The summed E-state index contributed by atoms with van der Waals surface area (Å²) in [6.07, 6.45) is 1.29. The molecule has 7 nitrogen and oxygen atoms in total. The average Bonchev–Trinajstić information content (AvgIpc) is 3.04. The van der Waals surface area contributed by atoms with Gasteiger partial charge in [-0.3, -0.25) is 14.5 Å². The minimum atomic E-state index is -1.25. The molecule has 6 saturated carbocycles. The maximum absolute atomic E-state index is 12.4. The minimum absolute atomic E-state index is 0.0169. The molecular formula is C24H31NO6. The molecule has 3 saturated heterocycles. The lowest BCUT2D eigenvalue weighted by atomic mass is 9.39. The van der Waals surface area contributed by atoms with Crippen LogP contribution in [0.1, 0.15) is 46.5 Å². The van der Waals surface area contributed by atoms with Crippen LogP contribution in [0, 0.1) is 34.0 Å². The summed E-state index contributed by atoms with van der Waals surface area (Å²) < 4.78 is 11.8. The molecular weight excluding hydrogens is 398 g/mol. The van der Waals surface area contributed by atoms with Crippen molar-refractivity contribution >= 4 is 11.9 Å². The molecule has 7 heteroatoms. The van der Waals surface area contributed by atoms with Crippen LogP contribution in [-0.4, -0.2) is 69.6 Å². The quantitative estimate of drug-likeness (QED) is 0.500. The number of fused-ring (bicyclic) bond motifs is 1. The Morgan fingerprint density at radius 1 is 1.13 bits per heavy atom.